The van der Waals surface area contributed by atoms with Crippen molar-refractivity contribution >= 4 is 29.9 Å². The molecule has 0 saturated carbocycles. The molecule has 1 fully saturated rings. The minimum atomic E-state index is -0.205. The van der Waals surface area contributed by atoms with E-state index < -0.39 is 0 Å². The van der Waals surface area contributed by atoms with Crippen LogP contribution in [0, 0.1) is 5.82 Å². The standard InChI is InChI=1S/C24H30FN3O3.HI/c1-2-26-23(27-11-8-18-4-3-5-20(25)14-18)28-16-24(9-12-29-13-10-24)19-6-7-21-22(15-19)31-17-30-21;/h3-7,14-15H,2,8-13,16-17H2,1H3,(H2,26,27,28);1H. The molecular formula is C24H31FIN3O3. The van der Waals surface area contributed by atoms with Crippen molar-refractivity contribution in [3.8, 4) is 11.5 Å². The number of aliphatic imine (C=N–C) groups is 1. The zero-order chi connectivity index (χ0) is 21.5. The lowest BCUT2D eigenvalue weighted by Crippen LogP contribution is -2.41. The van der Waals surface area contributed by atoms with Gasteiger partial charge in [0.05, 0.1) is 6.54 Å². The van der Waals surface area contributed by atoms with E-state index in [4.69, 9.17) is 19.2 Å². The first-order chi connectivity index (χ1) is 15.2. The van der Waals surface area contributed by atoms with Crippen LogP contribution in [-0.4, -0.2) is 45.6 Å². The van der Waals surface area contributed by atoms with E-state index in [2.05, 4.69) is 22.8 Å². The van der Waals surface area contributed by atoms with E-state index in [0.717, 1.165) is 48.8 Å². The van der Waals surface area contributed by atoms with Gasteiger partial charge in [0.1, 0.15) is 5.82 Å². The Kier molecular flexibility index (Phi) is 8.98. The third-order valence-corrected chi connectivity index (χ3v) is 5.91. The number of rotatable bonds is 7. The average molecular weight is 555 g/mol. The van der Waals surface area contributed by atoms with E-state index in [1.54, 1.807) is 12.1 Å². The summed E-state index contributed by atoms with van der Waals surface area (Å²) in [5.74, 6) is 2.16. The van der Waals surface area contributed by atoms with E-state index in [0.29, 0.717) is 26.3 Å². The topological polar surface area (TPSA) is 64.1 Å². The summed E-state index contributed by atoms with van der Waals surface area (Å²) in [7, 11) is 0. The Hall–Kier alpha value is -2.07. The van der Waals surface area contributed by atoms with Gasteiger partial charge in [-0.3, -0.25) is 4.99 Å². The molecule has 0 radical (unpaired) electrons. The van der Waals surface area contributed by atoms with Crippen LogP contribution in [-0.2, 0) is 16.6 Å². The SMILES string of the molecule is CCNC(=NCC1(c2ccc3c(c2)OCO3)CCOCC1)NCCc1cccc(F)c1.I. The maximum Gasteiger partial charge on any atom is 0.231 e. The van der Waals surface area contributed by atoms with Crippen molar-refractivity contribution in [2.24, 2.45) is 4.99 Å². The Morgan fingerprint density at radius 3 is 2.66 bits per heavy atom. The highest BCUT2D eigenvalue weighted by atomic mass is 127. The van der Waals surface area contributed by atoms with E-state index in [1.165, 1.54) is 11.6 Å². The molecule has 0 aromatic heterocycles. The molecule has 0 atom stereocenters. The largest absolute Gasteiger partial charge is 0.454 e. The second-order valence-corrected chi connectivity index (χ2v) is 7.96. The quantitative estimate of drug-likeness (QED) is 0.307. The fourth-order valence-electron chi connectivity index (χ4n) is 4.12. The van der Waals surface area contributed by atoms with Crippen molar-refractivity contribution in [2.45, 2.75) is 31.6 Å². The fraction of sp³-hybridized carbons (Fsp3) is 0.458. The van der Waals surface area contributed by atoms with Gasteiger partial charge >= 0.3 is 0 Å². The molecule has 6 nitrogen and oxygen atoms in total. The molecule has 0 aliphatic carbocycles. The Morgan fingerprint density at radius 2 is 1.88 bits per heavy atom. The molecule has 1 saturated heterocycles. The molecule has 0 amide bonds. The van der Waals surface area contributed by atoms with Crippen molar-refractivity contribution in [3.63, 3.8) is 0 Å². The predicted molar refractivity (Wildman–Crippen MR) is 134 cm³/mol. The highest BCUT2D eigenvalue weighted by Gasteiger charge is 2.35. The predicted octanol–water partition coefficient (Wildman–Crippen LogP) is 4.02. The summed E-state index contributed by atoms with van der Waals surface area (Å²) in [5, 5.41) is 6.70. The fourth-order valence-corrected chi connectivity index (χ4v) is 4.12. The third kappa shape index (κ3) is 6.04. The molecule has 2 aromatic rings. The van der Waals surface area contributed by atoms with Crippen LogP contribution in [0.1, 0.15) is 30.9 Å². The van der Waals surface area contributed by atoms with Gasteiger partial charge in [-0.25, -0.2) is 4.39 Å². The first-order valence-corrected chi connectivity index (χ1v) is 10.9. The van der Waals surface area contributed by atoms with Crippen LogP contribution in [0.15, 0.2) is 47.5 Å². The van der Waals surface area contributed by atoms with Gasteiger partial charge < -0.3 is 24.8 Å². The van der Waals surface area contributed by atoms with Crippen LogP contribution in [0.25, 0.3) is 0 Å². The van der Waals surface area contributed by atoms with Gasteiger partial charge in [0.2, 0.25) is 6.79 Å². The minimum absolute atomic E-state index is 0. The van der Waals surface area contributed by atoms with Crippen molar-refractivity contribution in [1.29, 1.82) is 0 Å². The molecule has 0 unspecified atom stereocenters. The number of ether oxygens (including phenoxy) is 3. The first kappa shape index (κ1) is 24.6. The van der Waals surface area contributed by atoms with Crippen molar-refractivity contribution in [3.05, 3.63) is 59.4 Å². The summed E-state index contributed by atoms with van der Waals surface area (Å²) in [5.41, 5.74) is 2.06. The zero-order valence-electron chi connectivity index (χ0n) is 18.4. The molecule has 4 rings (SSSR count). The number of fused-ring (bicyclic) bond motifs is 1. The number of benzene rings is 2. The Bertz CT molecular complexity index is 919. The molecule has 8 heteroatoms. The number of halogens is 2. The Morgan fingerprint density at radius 1 is 1.06 bits per heavy atom. The highest BCUT2D eigenvalue weighted by Crippen LogP contribution is 2.41. The van der Waals surface area contributed by atoms with Crippen molar-refractivity contribution in [2.75, 3.05) is 39.6 Å². The van der Waals surface area contributed by atoms with Gasteiger partial charge in [0, 0.05) is 31.7 Å². The molecule has 2 N–H and O–H groups in total. The second-order valence-electron chi connectivity index (χ2n) is 7.96. The molecule has 174 valence electrons. The molecule has 32 heavy (non-hydrogen) atoms. The molecule has 2 aliphatic rings. The Labute approximate surface area is 206 Å². The molecule has 2 heterocycles. The average Bonchev–Trinajstić information content (AvgIpc) is 3.26. The van der Waals surface area contributed by atoms with E-state index in [-0.39, 0.29) is 42.0 Å². The van der Waals surface area contributed by atoms with Gasteiger partial charge in [-0.05, 0) is 61.6 Å². The molecular weight excluding hydrogens is 524 g/mol. The molecule has 0 spiro atoms. The van der Waals surface area contributed by atoms with Crippen LogP contribution in [0.2, 0.25) is 0 Å². The highest BCUT2D eigenvalue weighted by molar-refractivity contribution is 14.0. The monoisotopic (exact) mass is 555 g/mol. The molecule has 0 bridgehead atoms. The summed E-state index contributed by atoms with van der Waals surface area (Å²) in [6.45, 7) is 5.84. The summed E-state index contributed by atoms with van der Waals surface area (Å²) >= 11 is 0. The van der Waals surface area contributed by atoms with Crippen LogP contribution < -0.4 is 20.1 Å². The number of guanidine groups is 1. The summed E-state index contributed by atoms with van der Waals surface area (Å²) in [4.78, 5) is 4.92. The Balaban J connectivity index is 0.00000289. The zero-order valence-corrected chi connectivity index (χ0v) is 20.7. The van der Waals surface area contributed by atoms with Crippen LogP contribution in [0.3, 0.4) is 0 Å². The lowest BCUT2D eigenvalue weighted by atomic mass is 9.74. The smallest absolute Gasteiger partial charge is 0.231 e. The number of nitrogens with one attached hydrogen (secondary N) is 2. The van der Waals surface area contributed by atoms with Crippen LogP contribution >= 0.6 is 24.0 Å². The number of nitrogens with zero attached hydrogens (tertiary/aromatic N) is 1. The number of hydrogen-bond donors (Lipinski definition) is 2. The van der Waals surface area contributed by atoms with Gasteiger partial charge in [0.25, 0.3) is 0 Å². The maximum absolute atomic E-state index is 13.4. The van der Waals surface area contributed by atoms with Crippen molar-refractivity contribution < 1.29 is 18.6 Å². The van der Waals surface area contributed by atoms with Gasteiger partial charge in [-0.1, -0.05) is 18.2 Å². The lowest BCUT2D eigenvalue weighted by molar-refractivity contribution is 0.0530. The lowest BCUT2D eigenvalue weighted by Gasteiger charge is -2.36. The van der Waals surface area contributed by atoms with Gasteiger partial charge in [-0.15, -0.1) is 24.0 Å². The van der Waals surface area contributed by atoms with Crippen molar-refractivity contribution in [1.82, 2.24) is 10.6 Å². The normalized spacial score (nSPS) is 16.9. The van der Waals surface area contributed by atoms with E-state index >= 15 is 0 Å². The van der Waals surface area contributed by atoms with Gasteiger partial charge in [0.15, 0.2) is 17.5 Å². The summed E-state index contributed by atoms with van der Waals surface area (Å²) in [6, 6.07) is 12.9. The van der Waals surface area contributed by atoms with Crippen LogP contribution in [0.5, 0.6) is 11.5 Å². The third-order valence-electron chi connectivity index (χ3n) is 5.91. The minimum Gasteiger partial charge on any atom is -0.454 e. The van der Waals surface area contributed by atoms with Crippen LogP contribution in [0.4, 0.5) is 4.39 Å². The maximum atomic E-state index is 13.4. The summed E-state index contributed by atoms with van der Waals surface area (Å²) in [6.07, 6.45) is 2.53. The summed E-state index contributed by atoms with van der Waals surface area (Å²) < 4.78 is 30.1. The van der Waals surface area contributed by atoms with E-state index in [1.807, 2.05) is 19.1 Å². The van der Waals surface area contributed by atoms with E-state index in [9.17, 15) is 4.39 Å². The molecule has 2 aromatic carbocycles. The van der Waals surface area contributed by atoms with Gasteiger partial charge in [-0.2, -0.15) is 0 Å². The second kappa shape index (κ2) is 11.7. The first-order valence-electron chi connectivity index (χ1n) is 10.9. The molecule has 2 aliphatic heterocycles. The number of hydrogen-bond acceptors (Lipinski definition) is 4.